The number of nitrogens with zero attached hydrogens (tertiary/aromatic N) is 1. The maximum Gasteiger partial charge on any atom is 0.263 e. The van der Waals surface area contributed by atoms with Crippen LogP contribution in [0, 0.1) is 6.92 Å². The van der Waals surface area contributed by atoms with E-state index in [9.17, 15) is 8.42 Å². The second-order valence-electron chi connectivity index (χ2n) is 4.88. The van der Waals surface area contributed by atoms with E-state index >= 15 is 0 Å². The van der Waals surface area contributed by atoms with Crippen molar-refractivity contribution < 1.29 is 8.42 Å². The van der Waals surface area contributed by atoms with Crippen LogP contribution in [-0.2, 0) is 10.0 Å². The lowest BCUT2D eigenvalue weighted by molar-refractivity contribution is 0.601. The average Bonchev–Trinajstić information content (AvgIpc) is 2.50. The Morgan fingerprint density at radius 3 is 2.45 bits per heavy atom. The van der Waals surface area contributed by atoms with Crippen molar-refractivity contribution in [3.05, 3.63) is 64.8 Å². The van der Waals surface area contributed by atoms with E-state index in [0.717, 1.165) is 20.9 Å². The monoisotopic (exact) mass is 376 g/mol. The number of aryl methyl sites for hydroxylation is 1. The van der Waals surface area contributed by atoms with Gasteiger partial charge in [-0.25, -0.2) is 13.4 Å². The highest BCUT2D eigenvalue weighted by molar-refractivity contribution is 9.10. The topological polar surface area (TPSA) is 59.1 Å². The molecule has 0 atom stereocenters. The van der Waals surface area contributed by atoms with E-state index in [2.05, 4.69) is 25.6 Å². The summed E-state index contributed by atoms with van der Waals surface area (Å²) in [6.07, 6.45) is 0. The Morgan fingerprint density at radius 2 is 1.73 bits per heavy atom. The van der Waals surface area contributed by atoms with E-state index in [4.69, 9.17) is 0 Å². The van der Waals surface area contributed by atoms with Crippen LogP contribution in [0.15, 0.2) is 64.0 Å². The van der Waals surface area contributed by atoms with E-state index in [1.165, 1.54) is 0 Å². The first-order chi connectivity index (χ1) is 10.5. The van der Waals surface area contributed by atoms with Crippen LogP contribution < -0.4 is 4.72 Å². The van der Waals surface area contributed by atoms with Crippen molar-refractivity contribution in [1.29, 1.82) is 0 Å². The highest BCUT2D eigenvalue weighted by Crippen LogP contribution is 2.22. The van der Waals surface area contributed by atoms with Crippen molar-refractivity contribution in [3.63, 3.8) is 0 Å². The van der Waals surface area contributed by atoms with Gasteiger partial charge in [0.15, 0.2) is 0 Å². The molecule has 1 N–H and O–H groups in total. The third kappa shape index (κ3) is 2.98. The van der Waals surface area contributed by atoms with Crippen molar-refractivity contribution in [2.24, 2.45) is 0 Å². The Morgan fingerprint density at radius 1 is 1.00 bits per heavy atom. The molecule has 0 amide bonds. The molecule has 1 heterocycles. The molecule has 0 saturated heterocycles. The molecular weight excluding hydrogens is 364 g/mol. The van der Waals surface area contributed by atoms with Crippen LogP contribution in [0.5, 0.6) is 0 Å². The summed E-state index contributed by atoms with van der Waals surface area (Å²) in [6, 6.07) is 16.1. The van der Waals surface area contributed by atoms with Gasteiger partial charge in [0.25, 0.3) is 10.0 Å². The van der Waals surface area contributed by atoms with Crippen LogP contribution in [0.3, 0.4) is 0 Å². The van der Waals surface area contributed by atoms with Crippen LogP contribution >= 0.6 is 15.9 Å². The molecule has 0 bridgehead atoms. The van der Waals surface area contributed by atoms with Gasteiger partial charge in [0.05, 0.1) is 10.6 Å². The molecule has 3 rings (SSSR count). The molecule has 0 fully saturated rings. The van der Waals surface area contributed by atoms with Crippen molar-refractivity contribution in [3.8, 4) is 0 Å². The Kier molecular flexibility index (Phi) is 3.88. The third-order valence-corrected chi connectivity index (χ3v) is 5.48. The summed E-state index contributed by atoms with van der Waals surface area (Å²) in [7, 11) is -3.66. The number of nitrogens with one attached hydrogen (secondary N) is 1. The van der Waals surface area contributed by atoms with E-state index in [-0.39, 0.29) is 4.90 Å². The van der Waals surface area contributed by atoms with Gasteiger partial charge >= 0.3 is 0 Å². The minimum absolute atomic E-state index is 0.216. The maximum atomic E-state index is 12.5. The van der Waals surface area contributed by atoms with Crippen molar-refractivity contribution in [1.82, 2.24) is 4.98 Å². The fraction of sp³-hybridized carbons (Fsp3) is 0.0625. The molecule has 0 radical (unpaired) electrons. The molecule has 2 aromatic carbocycles. The van der Waals surface area contributed by atoms with E-state index in [1.807, 2.05) is 24.3 Å². The Bertz CT molecular complexity index is 955. The Hall–Kier alpha value is -1.92. The molecular formula is C16H13BrN2O2S. The largest absolute Gasteiger partial charge is 0.263 e. The van der Waals surface area contributed by atoms with E-state index in [1.54, 1.807) is 37.3 Å². The number of halogens is 1. The predicted molar refractivity (Wildman–Crippen MR) is 91.4 cm³/mol. The van der Waals surface area contributed by atoms with Gasteiger partial charge in [-0.05, 0) is 57.9 Å². The number of hydrogen-bond acceptors (Lipinski definition) is 3. The summed E-state index contributed by atoms with van der Waals surface area (Å²) < 4.78 is 28.3. The fourth-order valence-corrected chi connectivity index (χ4v) is 3.39. The van der Waals surface area contributed by atoms with Crippen LogP contribution in [0.4, 0.5) is 5.82 Å². The van der Waals surface area contributed by atoms with Crippen molar-refractivity contribution in [2.75, 3.05) is 4.72 Å². The second-order valence-corrected chi connectivity index (χ2v) is 7.41. The van der Waals surface area contributed by atoms with Crippen LogP contribution in [-0.4, -0.2) is 13.4 Å². The number of sulfonamides is 1. The van der Waals surface area contributed by atoms with Crippen molar-refractivity contribution >= 4 is 42.5 Å². The summed E-state index contributed by atoms with van der Waals surface area (Å²) in [4.78, 5) is 4.42. The van der Waals surface area contributed by atoms with Gasteiger partial charge in [0.1, 0.15) is 5.82 Å². The normalized spacial score (nSPS) is 11.5. The number of rotatable bonds is 3. The lowest BCUT2D eigenvalue weighted by Crippen LogP contribution is -2.14. The summed E-state index contributed by atoms with van der Waals surface area (Å²) in [5.41, 5.74) is 0.721. The highest BCUT2D eigenvalue weighted by Gasteiger charge is 2.15. The number of aromatic nitrogens is 1. The van der Waals surface area contributed by atoms with Gasteiger partial charge in [0.2, 0.25) is 0 Å². The minimum Gasteiger partial charge on any atom is -0.263 e. The molecule has 22 heavy (non-hydrogen) atoms. The molecule has 0 aliphatic rings. The summed E-state index contributed by atoms with van der Waals surface area (Å²) in [6.45, 7) is 1.80. The number of benzene rings is 2. The Labute approximate surface area is 137 Å². The predicted octanol–water partition coefficient (Wildman–Crippen LogP) is 4.11. The zero-order chi connectivity index (χ0) is 15.7. The average molecular weight is 377 g/mol. The van der Waals surface area contributed by atoms with Gasteiger partial charge < -0.3 is 0 Å². The summed E-state index contributed by atoms with van der Waals surface area (Å²) in [5, 5.41) is 1.88. The molecule has 0 aliphatic heterocycles. The van der Waals surface area contributed by atoms with Gasteiger partial charge in [-0.3, -0.25) is 4.72 Å². The zero-order valence-electron chi connectivity index (χ0n) is 11.7. The van der Waals surface area contributed by atoms with Crippen molar-refractivity contribution in [2.45, 2.75) is 11.8 Å². The van der Waals surface area contributed by atoms with Gasteiger partial charge in [-0.2, -0.15) is 0 Å². The SMILES string of the molecule is Cc1nc(NS(=O)(=O)c2ccc3ccccc3c2)ccc1Br. The lowest BCUT2D eigenvalue weighted by atomic mass is 10.1. The third-order valence-electron chi connectivity index (χ3n) is 3.29. The maximum absolute atomic E-state index is 12.5. The van der Waals surface area contributed by atoms with Crippen LogP contribution in [0.2, 0.25) is 0 Å². The second kappa shape index (κ2) is 5.70. The molecule has 0 saturated carbocycles. The fourth-order valence-electron chi connectivity index (χ4n) is 2.13. The smallest absolute Gasteiger partial charge is 0.263 e. The first-order valence-corrected chi connectivity index (χ1v) is 8.88. The first kappa shape index (κ1) is 15.0. The molecule has 0 aliphatic carbocycles. The number of pyridine rings is 1. The van der Waals surface area contributed by atoms with E-state index in [0.29, 0.717) is 5.82 Å². The molecule has 112 valence electrons. The van der Waals surface area contributed by atoms with Crippen LogP contribution in [0.1, 0.15) is 5.69 Å². The minimum atomic E-state index is -3.66. The highest BCUT2D eigenvalue weighted by atomic mass is 79.9. The van der Waals surface area contributed by atoms with Gasteiger partial charge in [-0.1, -0.05) is 30.3 Å². The number of hydrogen-bond donors (Lipinski definition) is 1. The number of anilines is 1. The van der Waals surface area contributed by atoms with Gasteiger partial charge in [-0.15, -0.1) is 0 Å². The molecule has 4 nitrogen and oxygen atoms in total. The molecule has 6 heteroatoms. The summed E-state index contributed by atoms with van der Waals surface area (Å²) >= 11 is 3.34. The lowest BCUT2D eigenvalue weighted by Gasteiger charge is -2.09. The van der Waals surface area contributed by atoms with E-state index < -0.39 is 10.0 Å². The summed E-state index contributed by atoms with van der Waals surface area (Å²) in [5.74, 6) is 0.300. The van der Waals surface area contributed by atoms with Gasteiger partial charge in [0, 0.05) is 4.47 Å². The molecule has 1 aromatic heterocycles. The van der Waals surface area contributed by atoms with Crippen LogP contribution in [0.25, 0.3) is 10.8 Å². The quantitative estimate of drug-likeness (QED) is 0.748. The first-order valence-electron chi connectivity index (χ1n) is 6.60. The molecule has 0 spiro atoms. The number of fused-ring (bicyclic) bond motifs is 1. The molecule has 0 unspecified atom stereocenters. The zero-order valence-corrected chi connectivity index (χ0v) is 14.1. The Balaban J connectivity index is 1.98. The standard InChI is InChI=1S/C16H13BrN2O2S/c1-11-15(17)8-9-16(18-11)19-22(20,21)14-7-6-12-4-2-3-5-13(12)10-14/h2-10H,1H3,(H,18,19). The molecule has 3 aromatic rings.